The maximum atomic E-state index is 10.7. The molecule has 1 amide bonds. The molecule has 1 unspecified atom stereocenters. The van der Waals surface area contributed by atoms with Crippen molar-refractivity contribution < 1.29 is 19.4 Å². The molecule has 1 atom stereocenters. The largest absolute Gasteiger partial charge is 0.493 e. The van der Waals surface area contributed by atoms with Gasteiger partial charge in [0.05, 0.1) is 18.2 Å². The molecule has 0 aliphatic carbocycles. The standard InChI is InChI=1S/C13H19ClN2O4/c1-8(17)5-16-6-9-3-10(14)13(11(4-9)19-2)20-7-12(15)18/h3-4,8,16-17H,5-7H2,1-2H3,(H2,15,18). The lowest BCUT2D eigenvalue weighted by atomic mass is 10.2. The van der Waals surface area contributed by atoms with Crippen LogP contribution in [0.2, 0.25) is 5.02 Å². The van der Waals surface area contributed by atoms with Gasteiger partial charge in [0.2, 0.25) is 0 Å². The zero-order valence-electron chi connectivity index (χ0n) is 11.5. The normalized spacial score (nSPS) is 12.0. The number of amides is 1. The van der Waals surface area contributed by atoms with Gasteiger partial charge in [0.1, 0.15) is 0 Å². The molecule has 0 aromatic heterocycles. The maximum absolute atomic E-state index is 10.7. The van der Waals surface area contributed by atoms with Gasteiger partial charge in [-0.1, -0.05) is 11.6 Å². The molecule has 0 fully saturated rings. The van der Waals surface area contributed by atoms with Crippen molar-refractivity contribution in [2.45, 2.75) is 19.6 Å². The Hall–Kier alpha value is -1.50. The summed E-state index contributed by atoms with van der Waals surface area (Å²) in [5.74, 6) is 0.116. The first-order valence-electron chi connectivity index (χ1n) is 6.10. The number of ether oxygens (including phenoxy) is 2. The molecule has 0 spiro atoms. The van der Waals surface area contributed by atoms with Crippen LogP contribution < -0.4 is 20.5 Å². The van der Waals surface area contributed by atoms with Crippen molar-refractivity contribution in [2.24, 2.45) is 5.73 Å². The molecule has 0 saturated heterocycles. The van der Waals surface area contributed by atoms with Crippen molar-refractivity contribution >= 4 is 17.5 Å². The third-order valence-electron chi connectivity index (χ3n) is 2.42. The van der Waals surface area contributed by atoms with Crippen LogP contribution in [0.15, 0.2) is 12.1 Å². The number of nitrogens with two attached hydrogens (primary N) is 1. The summed E-state index contributed by atoms with van der Waals surface area (Å²) in [6.07, 6.45) is -0.425. The Kier molecular flexibility index (Phi) is 6.57. The van der Waals surface area contributed by atoms with Gasteiger partial charge in [-0.15, -0.1) is 0 Å². The van der Waals surface area contributed by atoms with E-state index >= 15 is 0 Å². The van der Waals surface area contributed by atoms with Crippen molar-refractivity contribution in [2.75, 3.05) is 20.3 Å². The predicted octanol–water partition coefficient (Wildman–Crippen LogP) is 0.683. The number of carbonyl (C=O) groups excluding carboxylic acids is 1. The van der Waals surface area contributed by atoms with Crippen molar-refractivity contribution in [1.29, 1.82) is 0 Å². The van der Waals surface area contributed by atoms with E-state index in [9.17, 15) is 9.90 Å². The van der Waals surface area contributed by atoms with Crippen molar-refractivity contribution in [1.82, 2.24) is 5.32 Å². The van der Waals surface area contributed by atoms with Crippen LogP contribution >= 0.6 is 11.6 Å². The zero-order chi connectivity index (χ0) is 15.1. The molecule has 7 heteroatoms. The number of carbonyl (C=O) groups is 1. The molecule has 0 heterocycles. The Morgan fingerprint density at radius 3 is 2.80 bits per heavy atom. The van der Waals surface area contributed by atoms with Crippen LogP contribution in [-0.4, -0.2) is 37.4 Å². The number of methoxy groups -OCH3 is 1. The lowest BCUT2D eigenvalue weighted by Gasteiger charge is -2.14. The van der Waals surface area contributed by atoms with Crippen LogP contribution in [0.3, 0.4) is 0 Å². The van der Waals surface area contributed by atoms with Gasteiger partial charge >= 0.3 is 0 Å². The zero-order valence-corrected chi connectivity index (χ0v) is 12.2. The summed E-state index contributed by atoms with van der Waals surface area (Å²) in [5, 5.41) is 12.6. The minimum Gasteiger partial charge on any atom is -0.493 e. The van der Waals surface area contributed by atoms with Crippen LogP contribution in [0, 0.1) is 0 Å². The third kappa shape index (κ3) is 5.24. The Balaban J connectivity index is 2.81. The Morgan fingerprint density at radius 2 is 2.25 bits per heavy atom. The second-order valence-electron chi connectivity index (χ2n) is 4.34. The number of aliphatic hydroxyl groups is 1. The van der Waals surface area contributed by atoms with Crippen molar-refractivity contribution in [3.63, 3.8) is 0 Å². The second-order valence-corrected chi connectivity index (χ2v) is 4.75. The van der Waals surface area contributed by atoms with Gasteiger partial charge in [-0.2, -0.15) is 0 Å². The van der Waals surface area contributed by atoms with Crippen LogP contribution in [0.4, 0.5) is 0 Å². The molecule has 0 aliphatic heterocycles. The summed E-state index contributed by atoms with van der Waals surface area (Å²) in [6.45, 7) is 2.42. The number of nitrogens with one attached hydrogen (secondary N) is 1. The van der Waals surface area contributed by atoms with Crippen LogP contribution in [-0.2, 0) is 11.3 Å². The maximum Gasteiger partial charge on any atom is 0.255 e. The number of hydrogen-bond donors (Lipinski definition) is 3. The van der Waals surface area contributed by atoms with E-state index in [2.05, 4.69) is 5.32 Å². The summed E-state index contributed by atoms with van der Waals surface area (Å²) >= 11 is 6.10. The lowest BCUT2D eigenvalue weighted by Crippen LogP contribution is -2.24. The van der Waals surface area contributed by atoms with E-state index in [-0.39, 0.29) is 12.4 Å². The number of aliphatic hydroxyl groups excluding tert-OH is 1. The molecule has 0 aliphatic rings. The van der Waals surface area contributed by atoms with E-state index < -0.39 is 12.0 Å². The molecule has 0 saturated carbocycles. The highest BCUT2D eigenvalue weighted by Crippen LogP contribution is 2.36. The van der Waals surface area contributed by atoms with Crippen molar-refractivity contribution in [3.8, 4) is 11.5 Å². The molecule has 1 aromatic rings. The average Bonchev–Trinajstić information content (AvgIpc) is 2.36. The predicted molar refractivity (Wildman–Crippen MR) is 76.1 cm³/mol. The van der Waals surface area contributed by atoms with E-state index in [0.717, 1.165) is 5.56 Å². The smallest absolute Gasteiger partial charge is 0.255 e. The molecule has 112 valence electrons. The number of halogens is 1. The number of rotatable bonds is 8. The second kappa shape index (κ2) is 7.94. The minimum absolute atomic E-state index is 0.268. The molecule has 6 nitrogen and oxygen atoms in total. The van der Waals surface area contributed by atoms with E-state index in [4.69, 9.17) is 26.8 Å². The van der Waals surface area contributed by atoms with Gasteiger partial charge in [0, 0.05) is 13.1 Å². The molecule has 0 bridgehead atoms. The van der Waals surface area contributed by atoms with Crippen LogP contribution in [0.25, 0.3) is 0 Å². The highest BCUT2D eigenvalue weighted by Gasteiger charge is 2.13. The molecular weight excluding hydrogens is 284 g/mol. The Labute approximate surface area is 122 Å². The van der Waals surface area contributed by atoms with Crippen LogP contribution in [0.5, 0.6) is 11.5 Å². The first-order valence-corrected chi connectivity index (χ1v) is 6.48. The van der Waals surface area contributed by atoms with E-state index in [1.807, 2.05) is 0 Å². The highest BCUT2D eigenvalue weighted by atomic mass is 35.5. The molecule has 1 rings (SSSR count). The molecular formula is C13H19ClN2O4. The summed E-state index contributed by atoms with van der Waals surface area (Å²) in [7, 11) is 1.48. The fraction of sp³-hybridized carbons (Fsp3) is 0.462. The lowest BCUT2D eigenvalue weighted by molar-refractivity contribution is -0.119. The van der Waals surface area contributed by atoms with E-state index in [0.29, 0.717) is 23.9 Å². The Bertz CT molecular complexity index is 466. The number of primary amides is 1. The third-order valence-corrected chi connectivity index (χ3v) is 2.70. The monoisotopic (exact) mass is 302 g/mol. The minimum atomic E-state index is -0.592. The fourth-order valence-corrected chi connectivity index (χ4v) is 1.87. The number of hydrogen-bond acceptors (Lipinski definition) is 5. The number of benzene rings is 1. The van der Waals surface area contributed by atoms with E-state index in [1.165, 1.54) is 7.11 Å². The fourth-order valence-electron chi connectivity index (χ4n) is 1.58. The first-order chi connectivity index (χ1) is 9.43. The average molecular weight is 303 g/mol. The van der Waals surface area contributed by atoms with Gasteiger partial charge in [-0.05, 0) is 24.6 Å². The van der Waals surface area contributed by atoms with Gasteiger partial charge in [-0.3, -0.25) is 4.79 Å². The molecule has 20 heavy (non-hydrogen) atoms. The summed E-state index contributed by atoms with van der Waals surface area (Å²) in [5.41, 5.74) is 5.90. The molecule has 1 aromatic carbocycles. The highest BCUT2D eigenvalue weighted by molar-refractivity contribution is 6.32. The van der Waals surface area contributed by atoms with Gasteiger partial charge in [-0.25, -0.2) is 0 Å². The van der Waals surface area contributed by atoms with Crippen LogP contribution in [0.1, 0.15) is 12.5 Å². The van der Waals surface area contributed by atoms with Crippen molar-refractivity contribution in [3.05, 3.63) is 22.7 Å². The summed E-state index contributed by atoms with van der Waals surface area (Å²) in [4.78, 5) is 10.7. The topological polar surface area (TPSA) is 93.8 Å². The Morgan fingerprint density at radius 1 is 1.55 bits per heavy atom. The SMILES string of the molecule is COc1cc(CNCC(C)O)cc(Cl)c1OCC(N)=O. The van der Waals surface area contributed by atoms with Gasteiger partial charge < -0.3 is 25.6 Å². The van der Waals surface area contributed by atoms with Gasteiger partial charge in [0.25, 0.3) is 5.91 Å². The molecule has 4 N–H and O–H groups in total. The van der Waals surface area contributed by atoms with E-state index in [1.54, 1.807) is 19.1 Å². The summed E-state index contributed by atoms with van der Waals surface area (Å²) < 4.78 is 10.4. The first kappa shape index (κ1) is 16.6. The molecule has 0 radical (unpaired) electrons. The quantitative estimate of drug-likeness (QED) is 0.656. The van der Waals surface area contributed by atoms with Gasteiger partial charge in [0.15, 0.2) is 18.1 Å². The summed E-state index contributed by atoms with van der Waals surface area (Å²) in [6, 6.07) is 3.45.